The number of rotatable bonds is 3. The van der Waals surface area contributed by atoms with Gasteiger partial charge >= 0.3 is 11.8 Å². The van der Waals surface area contributed by atoms with Crippen LogP contribution in [0.4, 0.5) is 5.69 Å². The van der Waals surface area contributed by atoms with Gasteiger partial charge in [0.05, 0.1) is 0 Å². The fraction of sp³-hybridized carbons (Fsp3) is 0.429. The Morgan fingerprint density at radius 3 is 2.90 bits per heavy atom. The van der Waals surface area contributed by atoms with E-state index in [4.69, 9.17) is 0 Å². The number of carbonyl (C=O) groups excluding carboxylic acids is 3. The van der Waals surface area contributed by atoms with E-state index >= 15 is 0 Å². The summed E-state index contributed by atoms with van der Waals surface area (Å²) in [5.41, 5.74) is 1.12. The minimum Gasteiger partial charge on any atom is -0.367 e. The monoisotopic (exact) mass is 395 g/mol. The van der Waals surface area contributed by atoms with Crippen LogP contribution in [0.5, 0.6) is 0 Å². The SMILES string of the molecule is CC1CN(c2cccc3cnccc23)CCN1C(=O)C(=O)NC[C@H]1CCC(=O)N1. The molecular weight excluding hydrogens is 370 g/mol. The van der Waals surface area contributed by atoms with E-state index in [-0.39, 0.29) is 24.5 Å². The number of anilines is 1. The van der Waals surface area contributed by atoms with Crippen LogP contribution in [0.25, 0.3) is 10.8 Å². The molecule has 29 heavy (non-hydrogen) atoms. The Labute approximate surface area is 169 Å². The van der Waals surface area contributed by atoms with E-state index in [0.29, 0.717) is 32.5 Å². The quantitative estimate of drug-likeness (QED) is 0.745. The van der Waals surface area contributed by atoms with Gasteiger partial charge in [-0.15, -0.1) is 0 Å². The van der Waals surface area contributed by atoms with Crippen molar-refractivity contribution >= 4 is 34.2 Å². The average Bonchev–Trinajstić information content (AvgIpc) is 3.16. The second-order valence-corrected chi connectivity index (χ2v) is 7.68. The number of carbonyl (C=O) groups is 3. The number of pyridine rings is 1. The second-order valence-electron chi connectivity index (χ2n) is 7.68. The minimum atomic E-state index is -0.609. The average molecular weight is 395 g/mol. The molecule has 2 fully saturated rings. The predicted octanol–water partition coefficient (Wildman–Crippen LogP) is 0.667. The van der Waals surface area contributed by atoms with Crippen molar-refractivity contribution in [1.29, 1.82) is 0 Å². The largest absolute Gasteiger partial charge is 0.367 e. The van der Waals surface area contributed by atoms with Gasteiger partial charge in [0.1, 0.15) is 0 Å². The van der Waals surface area contributed by atoms with Gasteiger partial charge in [0.15, 0.2) is 0 Å². The molecule has 1 aromatic carbocycles. The van der Waals surface area contributed by atoms with E-state index in [1.54, 1.807) is 11.1 Å². The van der Waals surface area contributed by atoms with Gasteiger partial charge in [0, 0.05) is 73.5 Å². The number of piperazine rings is 1. The number of aromatic nitrogens is 1. The first kappa shape index (κ1) is 19.2. The molecule has 0 saturated carbocycles. The van der Waals surface area contributed by atoms with E-state index in [2.05, 4.69) is 26.6 Å². The summed E-state index contributed by atoms with van der Waals surface area (Å²) in [6, 6.07) is 7.94. The highest BCUT2D eigenvalue weighted by Gasteiger charge is 2.32. The van der Waals surface area contributed by atoms with Crippen molar-refractivity contribution in [3.63, 3.8) is 0 Å². The highest BCUT2D eigenvalue weighted by Crippen LogP contribution is 2.28. The lowest BCUT2D eigenvalue weighted by atomic mass is 10.1. The number of benzene rings is 1. The Balaban J connectivity index is 1.37. The van der Waals surface area contributed by atoms with Crippen LogP contribution in [0.3, 0.4) is 0 Å². The molecule has 2 saturated heterocycles. The predicted molar refractivity (Wildman–Crippen MR) is 109 cm³/mol. The maximum atomic E-state index is 12.6. The Hall–Kier alpha value is -3.16. The molecule has 4 rings (SSSR count). The zero-order valence-electron chi connectivity index (χ0n) is 16.4. The molecule has 2 aromatic rings. The van der Waals surface area contributed by atoms with Gasteiger partial charge in [-0.05, 0) is 25.5 Å². The number of fused-ring (bicyclic) bond motifs is 1. The molecule has 0 bridgehead atoms. The van der Waals surface area contributed by atoms with Crippen molar-refractivity contribution in [1.82, 2.24) is 20.5 Å². The van der Waals surface area contributed by atoms with Crippen LogP contribution in [-0.2, 0) is 14.4 Å². The lowest BCUT2D eigenvalue weighted by Gasteiger charge is -2.41. The van der Waals surface area contributed by atoms with Crippen molar-refractivity contribution in [3.8, 4) is 0 Å². The molecule has 2 aliphatic rings. The molecule has 2 atom stereocenters. The van der Waals surface area contributed by atoms with E-state index in [0.717, 1.165) is 16.5 Å². The van der Waals surface area contributed by atoms with Crippen LogP contribution in [-0.4, -0.2) is 65.9 Å². The van der Waals surface area contributed by atoms with Gasteiger partial charge in [-0.25, -0.2) is 0 Å². The minimum absolute atomic E-state index is 0.00969. The van der Waals surface area contributed by atoms with Crippen LogP contribution in [0.1, 0.15) is 19.8 Å². The molecule has 3 heterocycles. The lowest BCUT2D eigenvalue weighted by Crippen LogP contribution is -2.57. The summed E-state index contributed by atoms with van der Waals surface area (Å²) in [4.78, 5) is 44.3. The smallest absolute Gasteiger partial charge is 0.312 e. The normalized spacial score (nSPS) is 21.9. The third-order valence-corrected chi connectivity index (χ3v) is 5.67. The third kappa shape index (κ3) is 4.01. The van der Waals surface area contributed by atoms with Crippen LogP contribution in [0, 0.1) is 0 Å². The molecule has 3 amide bonds. The van der Waals surface area contributed by atoms with Crippen LogP contribution in [0.15, 0.2) is 36.7 Å². The first-order chi connectivity index (χ1) is 14.0. The number of amides is 3. The van der Waals surface area contributed by atoms with Crippen molar-refractivity contribution in [2.75, 3.05) is 31.1 Å². The molecule has 152 valence electrons. The Morgan fingerprint density at radius 1 is 1.28 bits per heavy atom. The summed E-state index contributed by atoms with van der Waals surface area (Å²) in [6.45, 7) is 4.04. The Bertz CT molecular complexity index is 942. The van der Waals surface area contributed by atoms with Crippen LogP contribution < -0.4 is 15.5 Å². The van der Waals surface area contributed by atoms with E-state index in [1.807, 2.05) is 31.3 Å². The molecule has 8 nitrogen and oxygen atoms in total. The van der Waals surface area contributed by atoms with Crippen molar-refractivity contribution < 1.29 is 14.4 Å². The van der Waals surface area contributed by atoms with Gasteiger partial charge in [0.2, 0.25) is 5.91 Å². The maximum absolute atomic E-state index is 12.6. The summed E-state index contributed by atoms with van der Waals surface area (Å²) >= 11 is 0. The van der Waals surface area contributed by atoms with Crippen molar-refractivity contribution in [2.24, 2.45) is 0 Å². The molecule has 1 unspecified atom stereocenters. The maximum Gasteiger partial charge on any atom is 0.312 e. The molecule has 0 radical (unpaired) electrons. The lowest BCUT2D eigenvalue weighted by molar-refractivity contribution is -0.147. The molecule has 0 aliphatic carbocycles. The molecule has 2 aliphatic heterocycles. The first-order valence-electron chi connectivity index (χ1n) is 9.99. The topological polar surface area (TPSA) is 94.6 Å². The van der Waals surface area contributed by atoms with E-state index in [9.17, 15) is 14.4 Å². The third-order valence-electron chi connectivity index (χ3n) is 5.67. The van der Waals surface area contributed by atoms with Gasteiger partial charge in [-0.2, -0.15) is 0 Å². The summed E-state index contributed by atoms with van der Waals surface area (Å²) in [7, 11) is 0. The van der Waals surface area contributed by atoms with Crippen LogP contribution in [0.2, 0.25) is 0 Å². The Kier molecular flexibility index (Phi) is 5.33. The van der Waals surface area contributed by atoms with E-state index < -0.39 is 11.8 Å². The number of hydrogen-bond donors (Lipinski definition) is 2. The second kappa shape index (κ2) is 8.06. The molecule has 2 N–H and O–H groups in total. The molecular formula is C21H25N5O3. The summed E-state index contributed by atoms with van der Waals surface area (Å²) in [6.07, 6.45) is 4.78. The summed E-state index contributed by atoms with van der Waals surface area (Å²) < 4.78 is 0. The summed E-state index contributed by atoms with van der Waals surface area (Å²) in [5.74, 6) is -1.13. The number of nitrogens with zero attached hydrogens (tertiary/aromatic N) is 3. The fourth-order valence-corrected chi connectivity index (χ4v) is 4.11. The number of hydrogen-bond acceptors (Lipinski definition) is 5. The van der Waals surface area contributed by atoms with Crippen molar-refractivity contribution in [2.45, 2.75) is 31.8 Å². The first-order valence-corrected chi connectivity index (χ1v) is 9.99. The Morgan fingerprint density at radius 2 is 2.14 bits per heavy atom. The van der Waals surface area contributed by atoms with Crippen LogP contribution >= 0.6 is 0 Å². The van der Waals surface area contributed by atoms with Gasteiger partial charge < -0.3 is 20.4 Å². The molecule has 0 spiro atoms. The highest BCUT2D eigenvalue weighted by molar-refractivity contribution is 6.35. The summed E-state index contributed by atoms with van der Waals surface area (Å²) in [5, 5.41) is 7.66. The van der Waals surface area contributed by atoms with Gasteiger partial charge in [0.25, 0.3) is 0 Å². The molecule has 8 heteroatoms. The zero-order chi connectivity index (χ0) is 20.4. The van der Waals surface area contributed by atoms with Crippen molar-refractivity contribution in [3.05, 3.63) is 36.7 Å². The fourth-order valence-electron chi connectivity index (χ4n) is 4.11. The van der Waals surface area contributed by atoms with Gasteiger partial charge in [-0.1, -0.05) is 12.1 Å². The van der Waals surface area contributed by atoms with E-state index in [1.165, 1.54) is 0 Å². The zero-order valence-corrected chi connectivity index (χ0v) is 16.4. The van der Waals surface area contributed by atoms with Gasteiger partial charge in [-0.3, -0.25) is 19.4 Å². The molecule has 1 aromatic heterocycles. The standard InChI is InChI=1S/C21H25N5O3/c1-14-13-25(18-4-2-3-15-11-22-8-7-17(15)18)9-10-26(14)21(29)20(28)23-12-16-5-6-19(27)24-16/h2-4,7-8,11,14,16H,5-6,9-10,12-13H2,1H3,(H,23,28)(H,24,27)/t14?,16-/m1/s1. The highest BCUT2D eigenvalue weighted by atomic mass is 16.2. The number of nitrogens with one attached hydrogen (secondary N) is 2.